The number of ether oxygens (including phenoxy) is 2. The van der Waals surface area contributed by atoms with Crippen molar-refractivity contribution in [1.82, 2.24) is 0 Å². The minimum absolute atomic E-state index is 0.0967. The third-order valence-electron chi connectivity index (χ3n) is 2.62. The van der Waals surface area contributed by atoms with Crippen LogP contribution in [0.4, 0.5) is 0 Å². The second-order valence-electron chi connectivity index (χ2n) is 4.09. The van der Waals surface area contributed by atoms with E-state index in [0.29, 0.717) is 18.2 Å². The molecule has 0 radical (unpaired) electrons. The van der Waals surface area contributed by atoms with Crippen molar-refractivity contribution in [3.8, 4) is 5.75 Å². The molecule has 0 amide bonds. The molecule has 0 spiro atoms. The van der Waals surface area contributed by atoms with Gasteiger partial charge in [0.1, 0.15) is 16.7 Å². The van der Waals surface area contributed by atoms with Crippen LogP contribution in [0.5, 0.6) is 5.75 Å². The Morgan fingerprint density at radius 2 is 2.22 bits per heavy atom. The molecule has 2 N–H and O–H groups in total. The fourth-order valence-corrected chi connectivity index (χ4v) is 2.71. The molecule has 1 saturated heterocycles. The lowest BCUT2D eigenvalue weighted by Crippen LogP contribution is -2.28. The van der Waals surface area contributed by atoms with Crippen LogP contribution in [0.25, 0.3) is 0 Å². The Bertz CT molecular complexity index is 526. The molecule has 0 aromatic heterocycles. The number of primary sulfonamides is 1. The highest BCUT2D eigenvalue weighted by Gasteiger charge is 2.21. The van der Waals surface area contributed by atoms with Gasteiger partial charge in [-0.3, -0.25) is 0 Å². The van der Waals surface area contributed by atoms with Crippen molar-refractivity contribution < 1.29 is 17.9 Å². The molecule has 1 fully saturated rings. The summed E-state index contributed by atoms with van der Waals surface area (Å²) in [6.45, 7) is 1.16. The average Bonchev–Trinajstić information content (AvgIpc) is 2.31. The maximum atomic E-state index is 11.5. The molecular weight excluding hydrogens is 278 g/mol. The first-order valence-electron chi connectivity index (χ1n) is 5.53. The Kier molecular flexibility index (Phi) is 4.11. The summed E-state index contributed by atoms with van der Waals surface area (Å²) in [4.78, 5) is -0.0967. The van der Waals surface area contributed by atoms with Crippen LogP contribution in [-0.2, 0) is 14.8 Å². The fourth-order valence-electron chi connectivity index (χ4n) is 1.79. The van der Waals surface area contributed by atoms with Crippen molar-refractivity contribution in [3.05, 3.63) is 23.2 Å². The predicted octanol–water partition coefficient (Wildman–Crippen LogP) is 1.55. The molecule has 1 heterocycles. The lowest BCUT2D eigenvalue weighted by atomic mass is 10.2. The third-order valence-corrected chi connectivity index (χ3v) is 3.79. The minimum Gasteiger partial charge on any atom is -0.487 e. The van der Waals surface area contributed by atoms with Crippen molar-refractivity contribution in [1.29, 1.82) is 0 Å². The summed E-state index contributed by atoms with van der Waals surface area (Å²) < 4.78 is 33.8. The zero-order valence-corrected chi connectivity index (χ0v) is 11.2. The van der Waals surface area contributed by atoms with E-state index < -0.39 is 10.0 Å². The first-order chi connectivity index (χ1) is 8.47. The number of halogens is 1. The molecule has 1 aromatic carbocycles. The largest absolute Gasteiger partial charge is 0.487 e. The topological polar surface area (TPSA) is 78.6 Å². The average molecular weight is 292 g/mol. The molecule has 1 unspecified atom stereocenters. The van der Waals surface area contributed by atoms with Gasteiger partial charge in [-0.25, -0.2) is 13.6 Å². The third kappa shape index (κ3) is 3.35. The second kappa shape index (κ2) is 5.44. The summed E-state index contributed by atoms with van der Waals surface area (Å²) in [5, 5.41) is 5.43. The molecule has 100 valence electrons. The van der Waals surface area contributed by atoms with Crippen LogP contribution in [0.15, 0.2) is 23.1 Å². The van der Waals surface area contributed by atoms with E-state index in [2.05, 4.69) is 0 Å². The number of hydrogen-bond donors (Lipinski definition) is 1. The molecule has 7 heteroatoms. The van der Waals surface area contributed by atoms with E-state index in [4.69, 9.17) is 26.2 Å². The summed E-state index contributed by atoms with van der Waals surface area (Å²) in [6, 6.07) is 4.36. The van der Waals surface area contributed by atoms with E-state index >= 15 is 0 Å². The molecule has 5 nitrogen and oxygen atoms in total. The highest BCUT2D eigenvalue weighted by molar-refractivity contribution is 7.89. The number of benzene rings is 1. The highest BCUT2D eigenvalue weighted by atomic mass is 35.5. The number of hydrogen-bond acceptors (Lipinski definition) is 4. The summed E-state index contributed by atoms with van der Waals surface area (Å²) in [6.07, 6.45) is 1.57. The molecule has 0 saturated carbocycles. The predicted molar refractivity (Wildman–Crippen MR) is 67.3 cm³/mol. The van der Waals surface area contributed by atoms with Gasteiger partial charge in [0.25, 0.3) is 0 Å². The van der Waals surface area contributed by atoms with E-state index in [1.54, 1.807) is 6.07 Å². The zero-order chi connectivity index (χ0) is 13.2. The van der Waals surface area contributed by atoms with Gasteiger partial charge in [0.05, 0.1) is 6.61 Å². The van der Waals surface area contributed by atoms with E-state index in [0.717, 1.165) is 12.8 Å². The molecule has 2 rings (SSSR count). The van der Waals surface area contributed by atoms with E-state index in [1.807, 2.05) is 0 Å². The van der Waals surface area contributed by atoms with Gasteiger partial charge in [-0.1, -0.05) is 11.6 Å². The molecule has 1 atom stereocenters. The van der Waals surface area contributed by atoms with Crippen molar-refractivity contribution in [3.63, 3.8) is 0 Å². The molecule has 1 aliphatic heterocycles. The first kappa shape index (κ1) is 13.6. The van der Waals surface area contributed by atoms with Crippen molar-refractivity contribution in [2.75, 3.05) is 13.2 Å². The van der Waals surface area contributed by atoms with Crippen molar-refractivity contribution in [2.24, 2.45) is 5.14 Å². The Labute approximate surface area is 111 Å². The number of sulfonamides is 1. The smallest absolute Gasteiger partial charge is 0.241 e. The Balaban J connectivity index is 2.26. The van der Waals surface area contributed by atoms with Crippen LogP contribution in [0.1, 0.15) is 12.8 Å². The highest BCUT2D eigenvalue weighted by Crippen LogP contribution is 2.28. The van der Waals surface area contributed by atoms with E-state index in [9.17, 15) is 8.42 Å². The van der Waals surface area contributed by atoms with Crippen LogP contribution >= 0.6 is 11.6 Å². The second-order valence-corrected chi connectivity index (χ2v) is 6.06. The summed E-state index contributed by atoms with van der Waals surface area (Å²) in [5.74, 6) is 0.220. The Morgan fingerprint density at radius 1 is 1.44 bits per heavy atom. The zero-order valence-electron chi connectivity index (χ0n) is 9.63. The van der Waals surface area contributed by atoms with E-state index in [1.165, 1.54) is 12.1 Å². The number of nitrogens with two attached hydrogens (primary N) is 1. The first-order valence-corrected chi connectivity index (χ1v) is 7.46. The lowest BCUT2D eigenvalue weighted by molar-refractivity contribution is 0.00620. The van der Waals surface area contributed by atoms with Gasteiger partial charge in [-0.15, -0.1) is 0 Å². The molecule has 18 heavy (non-hydrogen) atoms. The maximum absolute atomic E-state index is 11.5. The van der Waals surface area contributed by atoms with Crippen molar-refractivity contribution >= 4 is 21.6 Å². The molecule has 0 bridgehead atoms. The Morgan fingerprint density at radius 3 is 2.83 bits per heavy atom. The molecule has 1 aliphatic rings. The molecular formula is C11H14ClNO4S. The van der Waals surface area contributed by atoms with Gasteiger partial charge in [0.2, 0.25) is 10.0 Å². The van der Waals surface area contributed by atoms with Gasteiger partial charge in [-0.2, -0.15) is 0 Å². The van der Waals surface area contributed by atoms with E-state index in [-0.39, 0.29) is 16.7 Å². The molecule has 0 aliphatic carbocycles. The van der Waals surface area contributed by atoms with Crippen LogP contribution in [0.3, 0.4) is 0 Å². The lowest BCUT2D eigenvalue weighted by Gasteiger charge is -2.24. The van der Waals surface area contributed by atoms with Gasteiger partial charge >= 0.3 is 0 Å². The summed E-state index contributed by atoms with van der Waals surface area (Å²) >= 11 is 5.77. The van der Waals surface area contributed by atoms with Crippen LogP contribution in [0.2, 0.25) is 5.02 Å². The maximum Gasteiger partial charge on any atom is 0.241 e. The minimum atomic E-state index is -3.86. The standard InChI is InChI=1S/C11H14ClNO4S/c12-8-3-4-10(11(6-8)18(13,14)15)17-9-2-1-5-16-7-9/h3-4,6,9H,1-2,5,7H2,(H2,13,14,15). The van der Waals surface area contributed by atoms with Crippen LogP contribution in [0, 0.1) is 0 Å². The summed E-state index contributed by atoms with van der Waals surface area (Å²) in [7, 11) is -3.86. The molecule has 1 aromatic rings. The normalized spacial score (nSPS) is 20.7. The Hall–Kier alpha value is -0.820. The van der Waals surface area contributed by atoms with Gasteiger partial charge in [-0.05, 0) is 31.0 Å². The SMILES string of the molecule is NS(=O)(=O)c1cc(Cl)ccc1OC1CCCOC1. The monoisotopic (exact) mass is 291 g/mol. The number of rotatable bonds is 3. The van der Waals surface area contributed by atoms with Crippen molar-refractivity contribution in [2.45, 2.75) is 23.8 Å². The van der Waals surface area contributed by atoms with Crippen LogP contribution < -0.4 is 9.88 Å². The van der Waals surface area contributed by atoms with Crippen LogP contribution in [-0.4, -0.2) is 27.7 Å². The van der Waals surface area contributed by atoms with Gasteiger partial charge < -0.3 is 9.47 Å². The fraction of sp³-hybridized carbons (Fsp3) is 0.455. The summed E-state index contributed by atoms with van der Waals surface area (Å²) in [5.41, 5.74) is 0. The van der Waals surface area contributed by atoms with Gasteiger partial charge in [0.15, 0.2) is 0 Å². The van der Waals surface area contributed by atoms with Gasteiger partial charge in [0, 0.05) is 11.6 Å². The quantitative estimate of drug-likeness (QED) is 0.916.